The highest BCUT2D eigenvalue weighted by molar-refractivity contribution is 7.47. The molecule has 0 aliphatic rings. The summed E-state index contributed by atoms with van der Waals surface area (Å²) < 4.78 is 32.8. The Morgan fingerprint density at radius 1 is 0.441 bits per heavy atom. The Morgan fingerprint density at radius 2 is 0.763 bits per heavy atom. The molecule has 0 rings (SSSR count). The maximum Gasteiger partial charge on any atom is 0.472 e. The van der Waals surface area contributed by atoms with Gasteiger partial charge in [0.1, 0.15) is 6.61 Å². The fourth-order valence-corrected chi connectivity index (χ4v) is 8.32. The number of allylic oxidation sites excluding steroid dienone is 2. The minimum atomic E-state index is -4.28. The molecule has 0 fully saturated rings. The third-order valence-electron chi connectivity index (χ3n) is 11.3. The Hall–Kier alpha value is -1.21. The second kappa shape index (κ2) is 46.3. The molecule has 9 heteroatoms. The van der Waals surface area contributed by atoms with Crippen LogP contribution in [0, 0.1) is 0 Å². The summed E-state index contributed by atoms with van der Waals surface area (Å²) in [6.07, 6.45) is 51.3. The van der Waals surface area contributed by atoms with Crippen molar-refractivity contribution in [1.82, 2.24) is 0 Å². The molecule has 0 saturated heterocycles. The first-order valence-electron chi connectivity index (χ1n) is 25.5. The summed E-state index contributed by atoms with van der Waals surface area (Å²) in [6.45, 7) is 5.53. The van der Waals surface area contributed by atoms with Crippen molar-refractivity contribution in [3.63, 3.8) is 0 Å². The van der Waals surface area contributed by atoms with Gasteiger partial charge < -0.3 is 14.4 Å². The van der Waals surface area contributed by atoms with E-state index in [0.717, 1.165) is 44.9 Å². The van der Waals surface area contributed by atoms with E-state index in [4.69, 9.17) is 18.5 Å². The summed E-state index contributed by atoms with van der Waals surface area (Å²) in [6, 6.07) is 0. The molecule has 8 nitrogen and oxygen atoms in total. The zero-order chi connectivity index (χ0) is 43.2. The van der Waals surface area contributed by atoms with Crippen molar-refractivity contribution in [1.29, 1.82) is 0 Å². The fourth-order valence-electron chi connectivity index (χ4n) is 7.57. The standard InChI is InChI=1S/C50H97O8P/c1-4-7-9-11-13-15-17-19-21-23-24-25-26-27-29-30-32-34-36-38-40-42-44-49(51)55-46-48(47-57-59(53,54)56-6-3)58-50(52)45-43-41-39-37-35-33-31-28-22-20-18-16-14-12-10-8-5-2/h20,22,48H,4-19,21,23-47H2,1-3H3,(H,53,54)/b22-20-. The minimum Gasteiger partial charge on any atom is -0.462 e. The lowest BCUT2D eigenvalue weighted by Gasteiger charge is -2.19. The molecule has 0 heterocycles. The molecule has 0 aliphatic carbocycles. The summed E-state index contributed by atoms with van der Waals surface area (Å²) in [5.41, 5.74) is 0. The van der Waals surface area contributed by atoms with E-state index in [9.17, 15) is 19.0 Å². The van der Waals surface area contributed by atoms with E-state index < -0.39 is 19.9 Å². The van der Waals surface area contributed by atoms with E-state index in [-0.39, 0.29) is 32.2 Å². The van der Waals surface area contributed by atoms with Crippen molar-refractivity contribution in [3.05, 3.63) is 12.2 Å². The van der Waals surface area contributed by atoms with Crippen LogP contribution in [0.2, 0.25) is 0 Å². The lowest BCUT2D eigenvalue weighted by molar-refractivity contribution is -0.161. The van der Waals surface area contributed by atoms with Crippen molar-refractivity contribution in [3.8, 4) is 0 Å². The Bertz CT molecular complexity index is 973. The molecule has 0 aromatic heterocycles. The van der Waals surface area contributed by atoms with Crippen molar-refractivity contribution in [2.24, 2.45) is 0 Å². The number of carbonyl (C=O) groups excluding carboxylic acids is 2. The summed E-state index contributed by atoms with van der Waals surface area (Å²) in [7, 11) is -4.28. The quantitative estimate of drug-likeness (QED) is 0.0279. The average Bonchev–Trinajstić information content (AvgIpc) is 3.22. The van der Waals surface area contributed by atoms with Gasteiger partial charge in [0, 0.05) is 12.8 Å². The van der Waals surface area contributed by atoms with Gasteiger partial charge in [0.15, 0.2) is 6.10 Å². The zero-order valence-electron chi connectivity index (χ0n) is 39.2. The number of esters is 2. The number of ether oxygens (including phenoxy) is 2. The van der Waals surface area contributed by atoms with E-state index >= 15 is 0 Å². The summed E-state index contributed by atoms with van der Waals surface area (Å²) in [4.78, 5) is 34.9. The summed E-state index contributed by atoms with van der Waals surface area (Å²) in [5.74, 6) is -0.786. The topological polar surface area (TPSA) is 108 Å². The number of carbonyl (C=O) groups is 2. The number of phosphoric ester groups is 1. The predicted molar refractivity (Wildman–Crippen MR) is 249 cm³/mol. The Kier molecular flexibility index (Phi) is 45.3. The molecule has 0 bridgehead atoms. The number of hydrogen-bond acceptors (Lipinski definition) is 7. The molecular weight excluding hydrogens is 760 g/mol. The van der Waals surface area contributed by atoms with Gasteiger partial charge in [-0.05, 0) is 45.4 Å². The SMILES string of the molecule is CCCCCCCC/C=C\CCCCCCCCCC(=O)OC(COC(=O)CCCCCCCCCCCCCCCCCCCCCCCC)COP(=O)(O)OCC. The van der Waals surface area contributed by atoms with Gasteiger partial charge >= 0.3 is 19.8 Å². The van der Waals surface area contributed by atoms with E-state index in [0.29, 0.717) is 12.8 Å². The molecule has 1 N–H and O–H groups in total. The highest BCUT2D eigenvalue weighted by Crippen LogP contribution is 2.43. The van der Waals surface area contributed by atoms with E-state index in [2.05, 4.69) is 26.0 Å². The van der Waals surface area contributed by atoms with Crippen LogP contribution in [0.15, 0.2) is 12.2 Å². The number of rotatable bonds is 48. The molecule has 0 aromatic carbocycles. The molecule has 0 radical (unpaired) electrons. The molecule has 2 unspecified atom stereocenters. The van der Waals surface area contributed by atoms with Gasteiger partial charge in [0.05, 0.1) is 13.2 Å². The average molecular weight is 857 g/mol. The zero-order valence-corrected chi connectivity index (χ0v) is 40.1. The van der Waals surface area contributed by atoms with Gasteiger partial charge in [0.2, 0.25) is 0 Å². The summed E-state index contributed by atoms with van der Waals surface area (Å²) in [5, 5.41) is 0. The van der Waals surface area contributed by atoms with Gasteiger partial charge in [-0.25, -0.2) is 4.57 Å². The molecule has 350 valence electrons. The largest absolute Gasteiger partial charge is 0.472 e. The smallest absolute Gasteiger partial charge is 0.462 e. The maximum absolute atomic E-state index is 12.6. The van der Waals surface area contributed by atoms with Crippen LogP contribution in [-0.2, 0) is 32.7 Å². The molecule has 0 aromatic rings. The first-order valence-corrected chi connectivity index (χ1v) is 27.0. The van der Waals surface area contributed by atoms with Crippen LogP contribution in [0.4, 0.5) is 0 Å². The molecule has 0 aliphatic heterocycles. The van der Waals surface area contributed by atoms with Crippen LogP contribution in [0.5, 0.6) is 0 Å². The molecule has 2 atom stereocenters. The number of hydrogen-bond donors (Lipinski definition) is 1. The second-order valence-electron chi connectivity index (χ2n) is 17.2. The molecule has 0 saturated carbocycles. The second-order valence-corrected chi connectivity index (χ2v) is 18.6. The van der Waals surface area contributed by atoms with Crippen LogP contribution < -0.4 is 0 Å². The van der Waals surface area contributed by atoms with Crippen molar-refractivity contribution in [2.75, 3.05) is 19.8 Å². The summed E-state index contributed by atoms with van der Waals surface area (Å²) >= 11 is 0. The van der Waals surface area contributed by atoms with Crippen molar-refractivity contribution in [2.45, 2.75) is 277 Å². The Balaban J connectivity index is 3.93. The van der Waals surface area contributed by atoms with E-state index in [1.165, 1.54) is 186 Å². The van der Waals surface area contributed by atoms with E-state index in [1.807, 2.05) is 0 Å². The third kappa shape index (κ3) is 46.1. The van der Waals surface area contributed by atoms with Crippen molar-refractivity contribution >= 4 is 19.8 Å². The minimum absolute atomic E-state index is 0.00309. The highest BCUT2D eigenvalue weighted by Gasteiger charge is 2.25. The molecular formula is C50H97O8P. The first kappa shape index (κ1) is 57.8. The van der Waals surface area contributed by atoms with Gasteiger partial charge in [0.25, 0.3) is 0 Å². The molecule has 0 amide bonds. The molecule has 0 spiro atoms. The van der Waals surface area contributed by atoms with Gasteiger partial charge in [-0.3, -0.25) is 18.6 Å². The Morgan fingerprint density at radius 3 is 1.12 bits per heavy atom. The van der Waals surface area contributed by atoms with Crippen LogP contribution >= 0.6 is 7.82 Å². The van der Waals surface area contributed by atoms with Gasteiger partial charge in [-0.15, -0.1) is 0 Å². The third-order valence-corrected chi connectivity index (χ3v) is 12.4. The van der Waals surface area contributed by atoms with Crippen LogP contribution in [-0.4, -0.2) is 42.8 Å². The lowest BCUT2D eigenvalue weighted by Crippen LogP contribution is -2.29. The van der Waals surface area contributed by atoms with Crippen LogP contribution in [0.3, 0.4) is 0 Å². The fraction of sp³-hybridized carbons (Fsp3) is 0.920. The number of phosphoric acid groups is 1. The lowest BCUT2D eigenvalue weighted by atomic mass is 10.0. The van der Waals surface area contributed by atoms with Crippen LogP contribution in [0.1, 0.15) is 271 Å². The van der Waals surface area contributed by atoms with E-state index in [1.54, 1.807) is 6.92 Å². The first-order chi connectivity index (χ1) is 28.8. The number of unbranched alkanes of at least 4 members (excludes halogenated alkanes) is 34. The normalized spacial score (nSPS) is 13.2. The van der Waals surface area contributed by atoms with Crippen LogP contribution in [0.25, 0.3) is 0 Å². The predicted octanol–water partition coefficient (Wildman–Crippen LogP) is 16.4. The highest BCUT2D eigenvalue weighted by atomic mass is 31.2. The van der Waals surface area contributed by atoms with Gasteiger partial charge in [-0.1, -0.05) is 225 Å². The monoisotopic (exact) mass is 857 g/mol. The maximum atomic E-state index is 12.6. The van der Waals surface area contributed by atoms with Crippen molar-refractivity contribution < 1.29 is 37.6 Å². The Labute approximate surface area is 365 Å². The molecule has 59 heavy (non-hydrogen) atoms. The van der Waals surface area contributed by atoms with Gasteiger partial charge in [-0.2, -0.15) is 0 Å².